The van der Waals surface area contributed by atoms with Gasteiger partial charge < -0.3 is 10.4 Å². The lowest BCUT2D eigenvalue weighted by atomic mass is 10.1. The molecule has 0 fully saturated rings. The molecule has 4 N–H and O–H groups in total. The minimum atomic E-state index is -0.506. The Morgan fingerprint density at radius 2 is 2.00 bits per heavy atom. The zero-order valence-corrected chi connectivity index (χ0v) is 15.8. The SMILES string of the molecule is Cc1cc(-c2n[nH]c3cc(NC(=O)NC(CO)c4ccccc4)ncc23)ccn1. The number of carbonyl (C=O) groups is 1. The van der Waals surface area contributed by atoms with Crippen molar-refractivity contribution >= 4 is 22.8 Å². The summed E-state index contributed by atoms with van der Waals surface area (Å²) in [6.45, 7) is 1.71. The monoisotopic (exact) mass is 388 g/mol. The molecule has 1 unspecified atom stereocenters. The van der Waals surface area contributed by atoms with Crippen molar-refractivity contribution in [3.05, 3.63) is 72.2 Å². The van der Waals surface area contributed by atoms with E-state index in [1.54, 1.807) is 18.5 Å². The molecule has 1 aromatic carbocycles. The molecule has 0 aliphatic rings. The number of nitrogens with zero attached hydrogens (tertiary/aromatic N) is 3. The van der Waals surface area contributed by atoms with E-state index in [9.17, 15) is 9.90 Å². The molecule has 8 nitrogen and oxygen atoms in total. The number of anilines is 1. The molecule has 0 saturated heterocycles. The Balaban J connectivity index is 1.51. The van der Waals surface area contributed by atoms with E-state index in [0.29, 0.717) is 5.82 Å². The van der Waals surface area contributed by atoms with Crippen LogP contribution in [0.5, 0.6) is 0 Å². The summed E-state index contributed by atoms with van der Waals surface area (Å²) in [6.07, 6.45) is 3.41. The van der Waals surface area contributed by atoms with Gasteiger partial charge in [0.05, 0.1) is 18.2 Å². The molecule has 146 valence electrons. The lowest BCUT2D eigenvalue weighted by molar-refractivity contribution is 0.225. The van der Waals surface area contributed by atoms with Crippen LogP contribution < -0.4 is 10.6 Å². The number of amides is 2. The Morgan fingerprint density at radius 3 is 2.76 bits per heavy atom. The maximum absolute atomic E-state index is 12.3. The predicted octanol–water partition coefficient (Wildman–Crippen LogP) is 3.18. The highest BCUT2D eigenvalue weighted by molar-refractivity contribution is 5.95. The number of aliphatic hydroxyl groups is 1. The maximum atomic E-state index is 12.3. The van der Waals surface area contributed by atoms with Crippen molar-refractivity contribution in [1.29, 1.82) is 0 Å². The van der Waals surface area contributed by atoms with Gasteiger partial charge in [-0.1, -0.05) is 30.3 Å². The van der Waals surface area contributed by atoms with Crippen molar-refractivity contribution in [2.24, 2.45) is 0 Å². The van der Waals surface area contributed by atoms with Crippen molar-refractivity contribution in [3.63, 3.8) is 0 Å². The van der Waals surface area contributed by atoms with Gasteiger partial charge in [0.15, 0.2) is 0 Å². The van der Waals surface area contributed by atoms with Gasteiger partial charge in [-0.05, 0) is 24.6 Å². The normalized spacial score (nSPS) is 11.9. The average Bonchev–Trinajstić information content (AvgIpc) is 3.16. The molecule has 3 heterocycles. The fourth-order valence-electron chi connectivity index (χ4n) is 3.12. The first-order chi connectivity index (χ1) is 14.1. The van der Waals surface area contributed by atoms with E-state index in [2.05, 4.69) is 30.8 Å². The van der Waals surface area contributed by atoms with E-state index in [-0.39, 0.29) is 6.61 Å². The highest BCUT2D eigenvalue weighted by Gasteiger charge is 2.15. The van der Waals surface area contributed by atoms with Crippen LogP contribution in [0.15, 0.2) is 60.9 Å². The summed E-state index contributed by atoms with van der Waals surface area (Å²) in [5.41, 5.74) is 4.19. The number of aliphatic hydroxyl groups excluding tert-OH is 1. The van der Waals surface area contributed by atoms with Gasteiger partial charge in [0.1, 0.15) is 11.5 Å². The summed E-state index contributed by atoms with van der Waals surface area (Å²) in [5, 5.41) is 23.2. The maximum Gasteiger partial charge on any atom is 0.320 e. The molecule has 0 radical (unpaired) electrons. The summed E-state index contributed by atoms with van der Waals surface area (Å²) < 4.78 is 0. The van der Waals surface area contributed by atoms with E-state index in [4.69, 9.17) is 0 Å². The molecule has 0 aliphatic carbocycles. The van der Waals surface area contributed by atoms with Gasteiger partial charge in [-0.2, -0.15) is 5.10 Å². The lowest BCUT2D eigenvalue weighted by Crippen LogP contribution is -2.34. The van der Waals surface area contributed by atoms with E-state index < -0.39 is 12.1 Å². The fourth-order valence-corrected chi connectivity index (χ4v) is 3.12. The number of aromatic amines is 1. The molecule has 0 bridgehead atoms. The number of carbonyl (C=O) groups excluding carboxylic acids is 1. The van der Waals surface area contributed by atoms with Gasteiger partial charge >= 0.3 is 6.03 Å². The van der Waals surface area contributed by atoms with Crippen LogP contribution >= 0.6 is 0 Å². The molecule has 4 aromatic rings. The second-order valence-corrected chi connectivity index (χ2v) is 6.62. The number of fused-ring (bicyclic) bond motifs is 1. The molecule has 0 aliphatic heterocycles. The van der Waals surface area contributed by atoms with Gasteiger partial charge in [0.25, 0.3) is 0 Å². The van der Waals surface area contributed by atoms with Crippen LogP contribution in [0.25, 0.3) is 22.2 Å². The summed E-state index contributed by atoms with van der Waals surface area (Å²) >= 11 is 0. The minimum absolute atomic E-state index is 0.209. The number of urea groups is 1. The molecule has 29 heavy (non-hydrogen) atoms. The van der Waals surface area contributed by atoms with Crippen LogP contribution in [0.3, 0.4) is 0 Å². The van der Waals surface area contributed by atoms with E-state index in [1.165, 1.54) is 0 Å². The third-order valence-corrected chi connectivity index (χ3v) is 4.55. The van der Waals surface area contributed by atoms with E-state index >= 15 is 0 Å². The number of aryl methyl sites for hydroxylation is 1. The van der Waals surface area contributed by atoms with Crippen molar-refractivity contribution < 1.29 is 9.90 Å². The zero-order chi connectivity index (χ0) is 20.2. The largest absolute Gasteiger partial charge is 0.394 e. The third kappa shape index (κ3) is 4.07. The van der Waals surface area contributed by atoms with Crippen molar-refractivity contribution in [2.45, 2.75) is 13.0 Å². The molecule has 0 saturated carbocycles. The summed E-state index contributed by atoms with van der Waals surface area (Å²) in [4.78, 5) is 20.9. The number of pyridine rings is 2. The fraction of sp³-hybridized carbons (Fsp3) is 0.143. The minimum Gasteiger partial charge on any atom is -0.394 e. The summed E-state index contributed by atoms with van der Waals surface area (Å²) in [6, 6.07) is 13.9. The Bertz CT molecular complexity index is 1140. The Morgan fingerprint density at radius 1 is 1.17 bits per heavy atom. The van der Waals surface area contributed by atoms with Gasteiger partial charge in [-0.25, -0.2) is 9.78 Å². The predicted molar refractivity (Wildman–Crippen MR) is 110 cm³/mol. The Labute approximate surface area is 167 Å². The average molecular weight is 388 g/mol. The van der Waals surface area contributed by atoms with Crippen LogP contribution in [0.4, 0.5) is 10.6 Å². The van der Waals surface area contributed by atoms with E-state index in [1.807, 2.05) is 49.4 Å². The molecular formula is C21H20N6O2. The van der Waals surface area contributed by atoms with Crippen molar-refractivity contribution in [2.75, 3.05) is 11.9 Å². The topological polar surface area (TPSA) is 116 Å². The molecule has 8 heteroatoms. The Kier molecular flexibility index (Phi) is 5.17. The second kappa shape index (κ2) is 8.07. The number of aromatic nitrogens is 4. The molecule has 4 rings (SSSR count). The zero-order valence-electron chi connectivity index (χ0n) is 15.8. The van der Waals surface area contributed by atoms with Crippen LogP contribution in [0, 0.1) is 6.92 Å². The van der Waals surface area contributed by atoms with Gasteiger partial charge in [0.2, 0.25) is 0 Å². The standard InChI is InChI=1S/C21H20N6O2/c1-13-9-15(7-8-22-13)20-16-11-23-19(10-17(16)26-27-20)25-21(29)24-18(12-28)14-5-3-2-4-6-14/h2-11,18,28H,12H2,1H3,(H,26,27)(H2,23,24,25,29). The number of rotatable bonds is 5. The first-order valence-corrected chi connectivity index (χ1v) is 9.14. The van der Waals surface area contributed by atoms with Gasteiger partial charge in [-0.3, -0.25) is 15.4 Å². The lowest BCUT2D eigenvalue weighted by Gasteiger charge is -2.17. The van der Waals surface area contributed by atoms with Crippen LogP contribution in [-0.2, 0) is 0 Å². The molecule has 0 spiro atoms. The van der Waals surface area contributed by atoms with Gasteiger partial charge in [0, 0.05) is 35.1 Å². The second-order valence-electron chi connectivity index (χ2n) is 6.62. The number of hydrogen-bond acceptors (Lipinski definition) is 5. The van der Waals surface area contributed by atoms with Crippen LogP contribution in [-0.4, -0.2) is 37.9 Å². The van der Waals surface area contributed by atoms with Crippen molar-refractivity contribution in [3.8, 4) is 11.3 Å². The van der Waals surface area contributed by atoms with Gasteiger partial charge in [-0.15, -0.1) is 0 Å². The quantitative estimate of drug-likeness (QED) is 0.419. The number of benzene rings is 1. The number of H-pyrrole nitrogens is 1. The highest BCUT2D eigenvalue weighted by atomic mass is 16.3. The van der Waals surface area contributed by atoms with E-state index in [0.717, 1.165) is 33.4 Å². The number of nitrogens with one attached hydrogen (secondary N) is 3. The Hall–Kier alpha value is -3.78. The smallest absolute Gasteiger partial charge is 0.320 e. The summed E-state index contributed by atoms with van der Waals surface area (Å²) in [7, 11) is 0. The summed E-state index contributed by atoms with van der Waals surface area (Å²) in [5.74, 6) is 0.376. The third-order valence-electron chi connectivity index (χ3n) is 4.55. The van der Waals surface area contributed by atoms with Crippen LogP contribution in [0.2, 0.25) is 0 Å². The first-order valence-electron chi connectivity index (χ1n) is 9.14. The molecular weight excluding hydrogens is 368 g/mol. The first kappa shape index (κ1) is 18.6. The van der Waals surface area contributed by atoms with Crippen LogP contribution in [0.1, 0.15) is 17.3 Å². The molecule has 1 atom stereocenters. The highest BCUT2D eigenvalue weighted by Crippen LogP contribution is 2.27. The molecule has 2 amide bonds. The number of hydrogen-bond donors (Lipinski definition) is 4. The van der Waals surface area contributed by atoms with Crippen molar-refractivity contribution in [1.82, 2.24) is 25.5 Å². The molecule has 3 aromatic heterocycles.